The van der Waals surface area contributed by atoms with Crippen LogP contribution in [-0.2, 0) is 7.05 Å². The molecule has 0 aromatic carbocycles. The number of nitrogens with zero attached hydrogens (tertiary/aromatic N) is 3. The second-order valence-electron chi connectivity index (χ2n) is 4.01. The van der Waals surface area contributed by atoms with Gasteiger partial charge in [-0.3, -0.25) is 4.79 Å². The van der Waals surface area contributed by atoms with Gasteiger partial charge in [-0.1, -0.05) is 0 Å². The number of hydrogen-bond donors (Lipinski definition) is 1. The van der Waals surface area contributed by atoms with E-state index in [-0.39, 0.29) is 11.7 Å². The molecule has 1 aromatic rings. The van der Waals surface area contributed by atoms with E-state index in [1.165, 1.54) is 4.68 Å². The third-order valence-corrected chi connectivity index (χ3v) is 3.54. The Bertz CT molecular complexity index is 446. The van der Waals surface area contributed by atoms with Gasteiger partial charge in [-0.25, -0.2) is 4.68 Å². The minimum absolute atomic E-state index is 0.155. The Kier molecular flexibility index (Phi) is 3.30. The van der Waals surface area contributed by atoms with Crippen LogP contribution >= 0.6 is 15.9 Å². The molecule has 0 radical (unpaired) electrons. The highest BCUT2D eigenvalue weighted by Gasteiger charge is 2.21. The number of β-amino-alcohol motifs (C(OH)–C–C–N with tert-alkyl or cyclic N) is 1. The summed E-state index contributed by atoms with van der Waals surface area (Å²) in [7, 11) is 1.61. The zero-order valence-electron chi connectivity index (χ0n) is 9.06. The van der Waals surface area contributed by atoms with E-state index in [2.05, 4.69) is 21.0 Å². The summed E-state index contributed by atoms with van der Waals surface area (Å²) in [6.45, 7) is 1.41. The Morgan fingerprint density at radius 2 is 2.38 bits per heavy atom. The molecular formula is C10H14BrN3O2. The lowest BCUT2D eigenvalue weighted by Crippen LogP contribution is -2.39. The summed E-state index contributed by atoms with van der Waals surface area (Å²) in [6, 6.07) is 0. The Morgan fingerprint density at radius 3 is 3.06 bits per heavy atom. The molecule has 1 atom stereocenters. The quantitative estimate of drug-likeness (QED) is 0.818. The SMILES string of the molecule is Cn1ncc(N2CCCC(O)C2)c(Br)c1=O. The molecule has 6 heteroatoms. The lowest BCUT2D eigenvalue weighted by atomic mass is 10.1. The lowest BCUT2D eigenvalue weighted by molar-refractivity contribution is 0.154. The molecule has 1 aromatic heterocycles. The average Bonchev–Trinajstić information content (AvgIpc) is 2.26. The largest absolute Gasteiger partial charge is 0.391 e. The van der Waals surface area contributed by atoms with Crippen molar-refractivity contribution in [1.29, 1.82) is 0 Å². The molecule has 2 heterocycles. The second-order valence-corrected chi connectivity index (χ2v) is 4.81. The number of aryl methyl sites for hydroxylation is 1. The number of halogens is 1. The lowest BCUT2D eigenvalue weighted by Gasteiger charge is -2.32. The van der Waals surface area contributed by atoms with E-state index in [9.17, 15) is 9.90 Å². The molecule has 0 spiro atoms. The molecular weight excluding hydrogens is 274 g/mol. The highest BCUT2D eigenvalue weighted by molar-refractivity contribution is 9.10. The van der Waals surface area contributed by atoms with Crippen LogP contribution in [0.5, 0.6) is 0 Å². The molecule has 16 heavy (non-hydrogen) atoms. The van der Waals surface area contributed by atoms with Gasteiger partial charge in [0.05, 0.1) is 18.0 Å². The summed E-state index contributed by atoms with van der Waals surface area (Å²) < 4.78 is 1.80. The van der Waals surface area contributed by atoms with Gasteiger partial charge < -0.3 is 10.0 Å². The van der Waals surface area contributed by atoms with Crippen molar-refractivity contribution < 1.29 is 5.11 Å². The van der Waals surface area contributed by atoms with Crippen LogP contribution < -0.4 is 10.5 Å². The first-order valence-electron chi connectivity index (χ1n) is 5.24. The highest BCUT2D eigenvalue weighted by atomic mass is 79.9. The fourth-order valence-electron chi connectivity index (χ4n) is 1.90. The van der Waals surface area contributed by atoms with Gasteiger partial charge in [0.2, 0.25) is 0 Å². The molecule has 0 amide bonds. The van der Waals surface area contributed by atoms with Crippen molar-refractivity contribution in [3.8, 4) is 0 Å². The maximum Gasteiger partial charge on any atom is 0.282 e. The van der Waals surface area contributed by atoms with Crippen LogP contribution in [0.1, 0.15) is 12.8 Å². The second kappa shape index (κ2) is 4.55. The van der Waals surface area contributed by atoms with Crippen LogP contribution in [-0.4, -0.2) is 34.1 Å². The van der Waals surface area contributed by atoms with Gasteiger partial charge in [-0.2, -0.15) is 5.10 Å². The number of aliphatic hydroxyl groups is 1. The summed E-state index contributed by atoms with van der Waals surface area (Å²) >= 11 is 3.29. The van der Waals surface area contributed by atoms with Gasteiger partial charge in [0.15, 0.2) is 0 Å². The first kappa shape index (κ1) is 11.6. The Labute approximate surface area is 102 Å². The zero-order chi connectivity index (χ0) is 11.7. The highest BCUT2D eigenvalue weighted by Crippen LogP contribution is 2.24. The third-order valence-electron chi connectivity index (χ3n) is 2.80. The average molecular weight is 288 g/mol. The van der Waals surface area contributed by atoms with Crippen molar-refractivity contribution in [3.63, 3.8) is 0 Å². The molecule has 0 saturated carbocycles. The van der Waals surface area contributed by atoms with Gasteiger partial charge in [-0.05, 0) is 28.8 Å². The van der Waals surface area contributed by atoms with Crippen LogP contribution in [0, 0.1) is 0 Å². The minimum atomic E-state index is -0.315. The number of rotatable bonds is 1. The Hall–Kier alpha value is -0.880. The van der Waals surface area contributed by atoms with Gasteiger partial charge in [0.25, 0.3) is 5.56 Å². The molecule has 1 fully saturated rings. The van der Waals surface area contributed by atoms with Crippen molar-refractivity contribution in [3.05, 3.63) is 21.0 Å². The molecule has 1 aliphatic heterocycles. The molecule has 5 nitrogen and oxygen atoms in total. The normalized spacial score (nSPS) is 21.2. The minimum Gasteiger partial charge on any atom is -0.391 e. The van der Waals surface area contributed by atoms with Crippen molar-refractivity contribution in [2.24, 2.45) is 7.05 Å². The molecule has 88 valence electrons. The molecule has 1 N–H and O–H groups in total. The fourth-order valence-corrected chi connectivity index (χ4v) is 2.51. The van der Waals surface area contributed by atoms with E-state index in [1.54, 1.807) is 13.2 Å². The van der Waals surface area contributed by atoms with Crippen molar-refractivity contribution in [1.82, 2.24) is 9.78 Å². The molecule has 0 aliphatic carbocycles. The number of aliphatic hydroxyl groups excluding tert-OH is 1. The number of aromatic nitrogens is 2. The van der Waals surface area contributed by atoms with Gasteiger partial charge in [0, 0.05) is 20.1 Å². The number of hydrogen-bond acceptors (Lipinski definition) is 4. The van der Waals surface area contributed by atoms with Gasteiger partial charge in [-0.15, -0.1) is 0 Å². The summed E-state index contributed by atoms with van der Waals surface area (Å²) in [5, 5.41) is 13.6. The van der Waals surface area contributed by atoms with Gasteiger partial charge >= 0.3 is 0 Å². The number of piperidine rings is 1. The summed E-state index contributed by atoms with van der Waals surface area (Å²) in [6.07, 6.45) is 3.10. The zero-order valence-corrected chi connectivity index (χ0v) is 10.6. The predicted octanol–water partition coefficient (Wildman–Crippen LogP) is 0.504. The van der Waals surface area contributed by atoms with Crippen molar-refractivity contribution in [2.75, 3.05) is 18.0 Å². The van der Waals surface area contributed by atoms with Crippen LogP contribution in [0.4, 0.5) is 5.69 Å². The fraction of sp³-hybridized carbons (Fsp3) is 0.600. The van der Waals surface area contributed by atoms with E-state index >= 15 is 0 Å². The van der Waals surface area contributed by atoms with E-state index in [0.717, 1.165) is 25.1 Å². The maximum absolute atomic E-state index is 11.7. The molecule has 2 rings (SSSR count). The predicted molar refractivity (Wildman–Crippen MR) is 64.6 cm³/mol. The van der Waals surface area contributed by atoms with Crippen LogP contribution in [0.25, 0.3) is 0 Å². The molecule has 0 bridgehead atoms. The molecule has 1 aliphatic rings. The van der Waals surface area contributed by atoms with E-state index < -0.39 is 0 Å². The smallest absolute Gasteiger partial charge is 0.282 e. The molecule has 1 unspecified atom stereocenters. The van der Waals surface area contributed by atoms with Crippen LogP contribution in [0.3, 0.4) is 0 Å². The summed E-state index contributed by atoms with van der Waals surface area (Å²) in [5.41, 5.74) is 0.611. The third kappa shape index (κ3) is 2.12. The first-order valence-corrected chi connectivity index (χ1v) is 6.03. The Balaban J connectivity index is 2.33. The maximum atomic E-state index is 11.7. The first-order chi connectivity index (χ1) is 7.59. The molecule has 1 saturated heterocycles. The Morgan fingerprint density at radius 1 is 1.62 bits per heavy atom. The topological polar surface area (TPSA) is 58.4 Å². The van der Waals surface area contributed by atoms with Crippen LogP contribution in [0.15, 0.2) is 15.5 Å². The van der Waals surface area contributed by atoms with Crippen LogP contribution in [0.2, 0.25) is 0 Å². The van der Waals surface area contributed by atoms with Crippen molar-refractivity contribution >= 4 is 21.6 Å². The van der Waals surface area contributed by atoms with E-state index in [1.807, 2.05) is 4.90 Å². The standard InChI is InChI=1S/C10H14BrN3O2/c1-13-10(16)9(11)8(5-12-13)14-4-2-3-7(15)6-14/h5,7,15H,2-4,6H2,1H3. The summed E-state index contributed by atoms with van der Waals surface area (Å²) in [4.78, 5) is 13.7. The number of anilines is 1. The summed E-state index contributed by atoms with van der Waals surface area (Å²) in [5.74, 6) is 0. The van der Waals surface area contributed by atoms with E-state index in [0.29, 0.717) is 11.0 Å². The van der Waals surface area contributed by atoms with Crippen molar-refractivity contribution in [2.45, 2.75) is 18.9 Å². The van der Waals surface area contributed by atoms with Gasteiger partial charge in [0.1, 0.15) is 4.47 Å². The monoisotopic (exact) mass is 287 g/mol. The van der Waals surface area contributed by atoms with E-state index in [4.69, 9.17) is 0 Å².